The molecule has 0 aliphatic carbocycles. The van der Waals surface area contributed by atoms with Crippen LogP contribution in [-0.2, 0) is 11.3 Å². The summed E-state index contributed by atoms with van der Waals surface area (Å²) >= 11 is 6.00. The number of non-ortho nitro benzene ring substituents is 1. The smallest absolute Gasteiger partial charge is 0.271 e. The number of halogens is 1. The average molecular weight is 297 g/mol. The highest BCUT2D eigenvalue weighted by molar-refractivity contribution is 6.33. The third kappa shape index (κ3) is 3.46. The standard InChI is InChI=1S/C12H13ClN4O3/c1-20-5-4-16-8-9(7-14-16)15-12-3-2-10(17(18)19)6-11(12)13/h2-3,6-8,15H,4-5H2,1H3. The zero-order chi connectivity index (χ0) is 14.5. The van der Waals surface area contributed by atoms with Crippen LogP contribution in [-0.4, -0.2) is 28.4 Å². The Hall–Kier alpha value is -2.12. The molecule has 8 heteroatoms. The lowest BCUT2D eigenvalue weighted by molar-refractivity contribution is -0.384. The Morgan fingerprint density at radius 1 is 1.55 bits per heavy atom. The van der Waals surface area contributed by atoms with Crippen LogP contribution in [0.15, 0.2) is 30.6 Å². The number of anilines is 2. The maximum atomic E-state index is 10.6. The van der Waals surface area contributed by atoms with Crippen LogP contribution in [0, 0.1) is 10.1 Å². The second-order valence-electron chi connectivity index (χ2n) is 4.03. The van der Waals surface area contributed by atoms with Gasteiger partial charge in [0.2, 0.25) is 0 Å². The van der Waals surface area contributed by atoms with Gasteiger partial charge in [-0.2, -0.15) is 5.10 Å². The Morgan fingerprint density at radius 2 is 2.35 bits per heavy atom. The van der Waals surface area contributed by atoms with E-state index in [0.29, 0.717) is 18.8 Å². The van der Waals surface area contributed by atoms with Gasteiger partial charge >= 0.3 is 0 Å². The number of nitro benzene ring substituents is 1. The molecule has 106 valence electrons. The molecule has 0 aliphatic heterocycles. The molecule has 0 fully saturated rings. The van der Waals surface area contributed by atoms with E-state index in [1.54, 1.807) is 30.3 Å². The van der Waals surface area contributed by atoms with Crippen LogP contribution in [0.2, 0.25) is 5.02 Å². The van der Waals surface area contributed by atoms with E-state index < -0.39 is 4.92 Å². The first-order chi connectivity index (χ1) is 9.60. The number of rotatable bonds is 6. The second-order valence-corrected chi connectivity index (χ2v) is 4.44. The minimum Gasteiger partial charge on any atom is -0.383 e. The van der Waals surface area contributed by atoms with Gasteiger partial charge in [0.05, 0.1) is 40.7 Å². The molecule has 20 heavy (non-hydrogen) atoms. The summed E-state index contributed by atoms with van der Waals surface area (Å²) in [6.07, 6.45) is 3.45. The van der Waals surface area contributed by atoms with Crippen molar-refractivity contribution in [2.45, 2.75) is 6.54 Å². The van der Waals surface area contributed by atoms with Crippen LogP contribution in [0.25, 0.3) is 0 Å². The molecule has 0 spiro atoms. The monoisotopic (exact) mass is 296 g/mol. The van der Waals surface area contributed by atoms with E-state index in [2.05, 4.69) is 10.4 Å². The molecule has 0 radical (unpaired) electrons. The first kappa shape index (κ1) is 14.3. The number of nitrogens with zero attached hydrogens (tertiary/aromatic N) is 3. The highest BCUT2D eigenvalue weighted by Crippen LogP contribution is 2.28. The van der Waals surface area contributed by atoms with Crippen molar-refractivity contribution in [3.63, 3.8) is 0 Å². The van der Waals surface area contributed by atoms with Crippen molar-refractivity contribution in [2.24, 2.45) is 0 Å². The highest BCUT2D eigenvalue weighted by Gasteiger charge is 2.10. The lowest BCUT2D eigenvalue weighted by Crippen LogP contribution is -2.03. The van der Waals surface area contributed by atoms with Gasteiger partial charge in [0.15, 0.2) is 0 Å². The minimum atomic E-state index is -0.488. The predicted molar refractivity (Wildman–Crippen MR) is 75.5 cm³/mol. The van der Waals surface area contributed by atoms with Gasteiger partial charge < -0.3 is 10.1 Å². The van der Waals surface area contributed by atoms with E-state index in [1.807, 2.05) is 0 Å². The molecule has 1 heterocycles. The summed E-state index contributed by atoms with van der Waals surface area (Å²) in [6, 6.07) is 4.26. The summed E-state index contributed by atoms with van der Waals surface area (Å²) in [5.41, 5.74) is 1.29. The van der Waals surface area contributed by atoms with Crippen molar-refractivity contribution >= 4 is 28.7 Å². The molecule has 0 aliphatic rings. The number of methoxy groups -OCH3 is 1. The maximum absolute atomic E-state index is 10.6. The van der Waals surface area contributed by atoms with E-state index in [-0.39, 0.29) is 10.7 Å². The molecule has 1 aromatic carbocycles. The van der Waals surface area contributed by atoms with Crippen molar-refractivity contribution in [3.8, 4) is 0 Å². The van der Waals surface area contributed by atoms with Gasteiger partial charge in [-0.15, -0.1) is 0 Å². The zero-order valence-electron chi connectivity index (χ0n) is 10.7. The quantitative estimate of drug-likeness (QED) is 0.654. The number of hydrogen-bond donors (Lipinski definition) is 1. The van der Waals surface area contributed by atoms with Crippen LogP contribution >= 0.6 is 11.6 Å². The number of ether oxygens (including phenoxy) is 1. The van der Waals surface area contributed by atoms with Crippen molar-refractivity contribution in [1.29, 1.82) is 0 Å². The van der Waals surface area contributed by atoms with Gasteiger partial charge in [0, 0.05) is 25.4 Å². The molecule has 0 saturated heterocycles. The number of aromatic nitrogens is 2. The summed E-state index contributed by atoms with van der Waals surface area (Å²) in [5.74, 6) is 0. The average Bonchev–Trinajstić information content (AvgIpc) is 2.86. The van der Waals surface area contributed by atoms with Gasteiger partial charge in [-0.25, -0.2) is 0 Å². The lowest BCUT2D eigenvalue weighted by atomic mass is 10.3. The highest BCUT2D eigenvalue weighted by atomic mass is 35.5. The number of nitrogens with one attached hydrogen (secondary N) is 1. The van der Waals surface area contributed by atoms with E-state index in [1.165, 1.54) is 12.1 Å². The summed E-state index contributed by atoms with van der Waals surface area (Å²) in [5, 5.41) is 18.1. The molecule has 0 atom stereocenters. The molecule has 0 bridgehead atoms. The SMILES string of the molecule is COCCn1cc(Nc2ccc([N+](=O)[O-])cc2Cl)cn1. The van der Waals surface area contributed by atoms with Gasteiger partial charge in [-0.05, 0) is 6.07 Å². The Kier molecular flexibility index (Phi) is 4.54. The molecule has 1 N–H and O–H groups in total. The van der Waals surface area contributed by atoms with E-state index >= 15 is 0 Å². The van der Waals surface area contributed by atoms with Crippen LogP contribution in [0.5, 0.6) is 0 Å². The summed E-state index contributed by atoms with van der Waals surface area (Å²) in [6.45, 7) is 1.21. The molecule has 7 nitrogen and oxygen atoms in total. The van der Waals surface area contributed by atoms with E-state index in [4.69, 9.17) is 16.3 Å². The van der Waals surface area contributed by atoms with Crippen molar-refractivity contribution in [1.82, 2.24) is 9.78 Å². The Morgan fingerprint density at radius 3 is 3.00 bits per heavy atom. The number of benzene rings is 1. The normalized spacial score (nSPS) is 10.5. The fourth-order valence-corrected chi connectivity index (χ4v) is 1.83. The first-order valence-corrected chi connectivity index (χ1v) is 6.20. The molecular formula is C12H13ClN4O3. The Labute approximate surface area is 120 Å². The van der Waals surface area contributed by atoms with Crippen LogP contribution < -0.4 is 5.32 Å². The first-order valence-electron chi connectivity index (χ1n) is 5.82. The van der Waals surface area contributed by atoms with Crippen molar-refractivity contribution in [3.05, 3.63) is 45.7 Å². The number of hydrogen-bond acceptors (Lipinski definition) is 5. The molecule has 2 rings (SSSR count). The van der Waals surface area contributed by atoms with Crippen molar-refractivity contribution < 1.29 is 9.66 Å². The number of nitro groups is 1. The van der Waals surface area contributed by atoms with Gasteiger partial charge in [-0.1, -0.05) is 11.6 Å². The Balaban J connectivity index is 2.09. The lowest BCUT2D eigenvalue weighted by Gasteiger charge is -2.05. The molecule has 0 amide bonds. The molecule has 0 saturated carbocycles. The predicted octanol–water partition coefficient (Wildman–Crippen LogP) is 2.83. The topological polar surface area (TPSA) is 82.2 Å². The van der Waals surface area contributed by atoms with Gasteiger partial charge in [-0.3, -0.25) is 14.8 Å². The van der Waals surface area contributed by atoms with E-state index in [9.17, 15) is 10.1 Å². The fraction of sp³-hybridized carbons (Fsp3) is 0.250. The Bertz CT molecular complexity index is 614. The molecule has 2 aromatic rings. The third-order valence-corrected chi connectivity index (χ3v) is 2.91. The van der Waals surface area contributed by atoms with Crippen LogP contribution in [0.1, 0.15) is 0 Å². The van der Waals surface area contributed by atoms with Gasteiger partial charge in [0.25, 0.3) is 5.69 Å². The minimum absolute atomic E-state index is 0.0451. The summed E-state index contributed by atoms with van der Waals surface area (Å²) in [4.78, 5) is 10.1. The third-order valence-electron chi connectivity index (χ3n) is 2.60. The van der Waals surface area contributed by atoms with E-state index in [0.717, 1.165) is 5.69 Å². The fourth-order valence-electron chi connectivity index (χ4n) is 1.61. The molecular weight excluding hydrogens is 284 g/mol. The maximum Gasteiger partial charge on any atom is 0.271 e. The van der Waals surface area contributed by atoms with Gasteiger partial charge in [0.1, 0.15) is 0 Å². The summed E-state index contributed by atoms with van der Waals surface area (Å²) < 4.78 is 6.69. The van der Waals surface area contributed by atoms with Crippen LogP contribution in [0.4, 0.5) is 17.1 Å². The zero-order valence-corrected chi connectivity index (χ0v) is 11.5. The van der Waals surface area contributed by atoms with Crippen LogP contribution in [0.3, 0.4) is 0 Å². The molecule has 0 unspecified atom stereocenters. The summed E-state index contributed by atoms with van der Waals surface area (Å²) in [7, 11) is 1.62. The van der Waals surface area contributed by atoms with Crippen molar-refractivity contribution in [2.75, 3.05) is 19.0 Å². The second kappa shape index (κ2) is 6.36. The largest absolute Gasteiger partial charge is 0.383 e. The molecule has 1 aromatic heterocycles.